The van der Waals surface area contributed by atoms with Gasteiger partial charge in [0.2, 0.25) is 0 Å². The van der Waals surface area contributed by atoms with E-state index in [2.05, 4.69) is 0 Å². The fourth-order valence-electron chi connectivity index (χ4n) is 1.39. The zero-order valence-corrected chi connectivity index (χ0v) is 5.66. The van der Waals surface area contributed by atoms with Crippen molar-refractivity contribution in [1.29, 1.82) is 0 Å². The van der Waals surface area contributed by atoms with Crippen LogP contribution in [-0.2, 0) is 4.79 Å². The number of hydrogen-bond donors (Lipinski definition) is 3. The van der Waals surface area contributed by atoms with Crippen molar-refractivity contribution < 1.29 is 9.90 Å². The van der Waals surface area contributed by atoms with Crippen molar-refractivity contribution >= 4 is 5.97 Å². The molecule has 0 unspecified atom stereocenters. The summed E-state index contributed by atoms with van der Waals surface area (Å²) in [6.07, 6.45) is 1.16. The number of aliphatic carboxylic acids is 1. The van der Waals surface area contributed by atoms with Gasteiger partial charge in [0.05, 0.1) is 5.92 Å². The molecule has 0 aliphatic heterocycles. The van der Waals surface area contributed by atoms with Gasteiger partial charge in [-0.05, 0) is 12.8 Å². The van der Waals surface area contributed by atoms with E-state index in [4.69, 9.17) is 16.6 Å². The third kappa shape index (κ3) is 1.27. The van der Waals surface area contributed by atoms with Crippen LogP contribution in [0.15, 0.2) is 0 Å². The van der Waals surface area contributed by atoms with Gasteiger partial charge in [-0.3, -0.25) is 4.79 Å². The van der Waals surface area contributed by atoms with Gasteiger partial charge in [-0.25, -0.2) is 0 Å². The molecule has 0 aromatic carbocycles. The van der Waals surface area contributed by atoms with Crippen molar-refractivity contribution in [3.63, 3.8) is 0 Å². The first-order chi connectivity index (χ1) is 4.61. The minimum Gasteiger partial charge on any atom is -0.481 e. The average Bonchev–Trinajstić information content (AvgIpc) is 2.10. The zero-order chi connectivity index (χ0) is 7.72. The summed E-state index contributed by atoms with van der Waals surface area (Å²) in [5, 5.41) is 8.57. The Morgan fingerprint density at radius 3 is 2.20 bits per heavy atom. The summed E-state index contributed by atoms with van der Waals surface area (Å²) in [4.78, 5) is 10.4. The molecule has 0 aromatic rings. The Labute approximate surface area is 59.2 Å². The van der Waals surface area contributed by atoms with Gasteiger partial charge in [0.1, 0.15) is 0 Å². The van der Waals surface area contributed by atoms with Crippen molar-refractivity contribution in [1.82, 2.24) is 0 Å². The maximum absolute atomic E-state index is 10.4. The lowest BCUT2D eigenvalue weighted by atomic mass is 10.1. The van der Waals surface area contributed by atoms with Crippen LogP contribution < -0.4 is 11.5 Å². The fourth-order valence-corrected chi connectivity index (χ4v) is 1.39. The van der Waals surface area contributed by atoms with Gasteiger partial charge in [-0.15, -0.1) is 0 Å². The molecule has 0 amide bonds. The molecule has 0 heterocycles. The molecule has 58 valence electrons. The summed E-state index contributed by atoms with van der Waals surface area (Å²) in [7, 11) is 0. The van der Waals surface area contributed by atoms with E-state index in [-0.39, 0.29) is 12.1 Å². The quantitative estimate of drug-likeness (QED) is 0.446. The summed E-state index contributed by atoms with van der Waals surface area (Å²) in [6, 6.07) is -0.261. The van der Waals surface area contributed by atoms with Crippen molar-refractivity contribution in [2.24, 2.45) is 17.4 Å². The second-order valence-electron chi connectivity index (χ2n) is 2.84. The summed E-state index contributed by atoms with van der Waals surface area (Å²) in [6.45, 7) is 0. The first-order valence-electron chi connectivity index (χ1n) is 3.35. The lowest BCUT2D eigenvalue weighted by molar-refractivity contribution is -0.141. The molecule has 1 fully saturated rings. The van der Waals surface area contributed by atoms with Crippen LogP contribution in [0.4, 0.5) is 0 Å². The van der Waals surface area contributed by atoms with Crippen LogP contribution in [-0.4, -0.2) is 23.2 Å². The Hall–Kier alpha value is -0.610. The highest BCUT2D eigenvalue weighted by Gasteiger charge is 2.34. The Balaban J connectivity index is 2.54. The Morgan fingerprint density at radius 1 is 1.40 bits per heavy atom. The summed E-state index contributed by atoms with van der Waals surface area (Å²) >= 11 is 0. The third-order valence-electron chi connectivity index (χ3n) is 1.97. The molecule has 0 spiro atoms. The predicted octanol–water partition coefficient (Wildman–Crippen LogP) is -0.864. The molecule has 1 rings (SSSR count). The molecule has 5 N–H and O–H groups in total. The van der Waals surface area contributed by atoms with Gasteiger partial charge >= 0.3 is 5.97 Å². The topological polar surface area (TPSA) is 89.3 Å². The van der Waals surface area contributed by atoms with Gasteiger partial charge in [0.15, 0.2) is 0 Å². The molecular weight excluding hydrogens is 132 g/mol. The van der Waals surface area contributed by atoms with Crippen LogP contribution >= 0.6 is 0 Å². The molecule has 0 bridgehead atoms. The number of hydrogen-bond acceptors (Lipinski definition) is 3. The van der Waals surface area contributed by atoms with Crippen molar-refractivity contribution in [2.75, 3.05) is 0 Å². The summed E-state index contributed by atoms with van der Waals surface area (Å²) in [5.41, 5.74) is 11.0. The zero-order valence-electron chi connectivity index (χ0n) is 5.66. The van der Waals surface area contributed by atoms with Crippen LogP contribution in [0.2, 0.25) is 0 Å². The highest BCUT2D eigenvalue weighted by Crippen LogP contribution is 2.22. The summed E-state index contributed by atoms with van der Waals surface area (Å²) in [5.74, 6) is -1.24. The Kier molecular flexibility index (Phi) is 1.92. The molecule has 0 radical (unpaired) electrons. The molecular formula is C6H12N2O2. The average molecular weight is 144 g/mol. The van der Waals surface area contributed by atoms with E-state index in [0.717, 1.165) is 0 Å². The van der Waals surface area contributed by atoms with Gasteiger partial charge < -0.3 is 16.6 Å². The maximum Gasteiger partial charge on any atom is 0.308 e. The number of carbonyl (C=O) groups is 1. The Bertz CT molecular complexity index is 149. The Morgan fingerprint density at radius 2 is 2.00 bits per heavy atom. The lowest BCUT2D eigenvalue weighted by Gasteiger charge is -2.07. The molecule has 1 aliphatic carbocycles. The minimum atomic E-state index is -0.819. The van der Waals surface area contributed by atoms with Crippen LogP contribution in [0, 0.1) is 5.92 Å². The van der Waals surface area contributed by atoms with E-state index in [9.17, 15) is 4.79 Å². The van der Waals surface area contributed by atoms with E-state index in [1.54, 1.807) is 0 Å². The SMILES string of the molecule is N[C@H]1C[C@H](N)[C@H](C(=O)O)C1. The normalized spacial score (nSPS) is 40.0. The molecule has 10 heavy (non-hydrogen) atoms. The second-order valence-corrected chi connectivity index (χ2v) is 2.84. The number of rotatable bonds is 1. The van der Waals surface area contributed by atoms with E-state index in [1.807, 2.05) is 0 Å². The van der Waals surface area contributed by atoms with Crippen molar-refractivity contribution in [2.45, 2.75) is 24.9 Å². The number of carboxylic acid groups (broad SMARTS) is 1. The highest BCUT2D eigenvalue weighted by atomic mass is 16.4. The first kappa shape index (κ1) is 7.50. The highest BCUT2D eigenvalue weighted by molar-refractivity contribution is 5.71. The lowest BCUT2D eigenvalue weighted by Crippen LogP contribution is -2.30. The molecule has 3 atom stereocenters. The standard InChI is InChI=1S/C6H12N2O2/c7-3-1-4(6(9)10)5(8)2-3/h3-5H,1-2,7-8H2,(H,9,10)/t3-,4-,5+/m1/s1. The van der Waals surface area contributed by atoms with Gasteiger partial charge in [0, 0.05) is 12.1 Å². The van der Waals surface area contributed by atoms with E-state index in [0.29, 0.717) is 12.8 Å². The second kappa shape index (κ2) is 2.56. The first-order valence-corrected chi connectivity index (χ1v) is 3.35. The summed E-state index contributed by atoms with van der Waals surface area (Å²) < 4.78 is 0. The molecule has 0 aromatic heterocycles. The van der Waals surface area contributed by atoms with Crippen molar-refractivity contribution in [3.8, 4) is 0 Å². The van der Waals surface area contributed by atoms with Crippen LogP contribution in [0.25, 0.3) is 0 Å². The van der Waals surface area contributed by atoms with E-state index >= 15 is 0 Å². The largest absolute Gasteiger partial charge is 0.481 e. The van der Waals surface area contributed by atoms with Crippen molar-refractivity contribution in [3.05, 3.63) is 0 Å². The smallest absolute Gasteiger partial charge is 0.308 e. The third-order valence-corrected chi connectivity index (χ3v) is 1.97. The predicted molar refractivity (Wildman–Crippen MR) is 36.3 cm³/mol. The van der Waals surface area contributed by atoms with Gasteiger partial charge in [-0.1, -0.05) is 0 Å². The minimum absolute atomic E-state index is 0.0175. The maximum atomic E-state index is 10.4. The molecule has 4 nitrogen and oxygen atoms in total. The van der Waals surface area contributed by atoms with E-state index < -0.39 is 11.9 Å². The molecule has 1 saturated carbocycles. The molecule has 0 saturated heterocycles. The number of carboxylic acids is 1. The van der Waals surface area contributed by atoms with Crippen LogP contribution in [0.3, 0.4) is 0 Å². The van der Waals surface area contributed by atoms with Crippen LogP contribution in [0.5, 0.6) is 0 Å². The van der Waals surface area contributed by atoms with E-state index in [1.165, 1.54) is 0 Å². The molecule has 4 heteroatoms. The van der Waals surface area contributed by atoms with Crippen LogP contribution in [0.1, 0.15) is 12.8 Å². The van der Waals surface area contributed by atoms with Gasteiger partial charge in [0.25, 0.3) is 0 Å². The fraction of sp³-hybridized carbons (Fsp3) is 0.833. The monoisotopic (exact) mass is 144 g/mol. The van der Waals surface area contributed by atoms with Gasteiger partial charge in [-0.2, -0.15) is 0 Å². The number of nitrogens with two attached hydrogens (primary N) is 2. The molecule has 1 aliphatic rings.